The monoisotopic (exact) mass is 204 g/mol. The molecule has 1 saturated carbocycles. The number of benzene rings is 1. The minimum atomic E-state index is 0.731. The standard InChI is InChI=1S/C12H16N2O/c1-9(14-15-8-10-6-7-10)11-4-2-3-5-12(11)13/h2-5,10H,6-8,13H2,1H3/b14-9+. The van der Waals surface area contributed by atoms with E-state index in [1.54, 1.807) is 0 Å². The molecule has 15 heavy (non-hydrogen) atoms. The van der Waals surface area contributed by atoms with E-state index in [1.807, 2.05) is 31.2 Å². The van der Waals surface area contributed by atoms with Crippen LogP contribution in [0.5, 0.6) is 0 Å². The molecule has 0 aliphatic heterocycles. The maximum Gasteiger partial charge on any atom is 0.120 e. The zero-order chi connectivity index (χ0) is 10.7. The van der Waals surface area contributed by atoms with Gasteiger partial charge in [0.15, 0.2) is 0 Å². The van der Waals surface area contributed by atoms with Crippen LogP contribution < -0.4 is 5.73 Å². The molecule has 80 valence electrons. The molecule has 0 radical (unpaired) electrons. The third-order valence-electron chi connectivity index (χ3n) is 2.56. The first kappa shape index (κ1) is 10.0. The molecule has 0 heterocycles. The zero-order valence-corrected chi connectivity index (χ0v) is 8.94. The highest BCUT2D eigenvalue weighted by Gasteiger charge is 2.21. The number of hydrogen-bond acceptors (Lipinski definition) is 3. The maximum atomic E-state index is 5.83. The van der Waals surface area contributed by atoms with Gasteiger partial charge in [-0.25, -0.2) is 0 Å². The lowest BCUT2D eigenvalue weighted by atomic mass is 10.1. The lowest BCUT2D eigenvalue weighted by Crippen LogP contribution is -2.02. The number of oxime groups is 1. The molecular formula is C12H16N2O. The Hall–Kier alpha value is -1.51. The van der Waals surface area contributed by atoms with Crippen LogP contribution in [0.4, 0.5) is 5.69 Å². The molecule has 0 saturated heterocycles. The van der Waals surface area contributed by atoms with E-state index in [1.165, 1.54) is 12.8 Å². The fraction of sp³-hybridized carbons (Fsp3) is 0.417. The SMILES string of the molecule is C/C(=N\OCC1CC1)c1ccccc1N. The third kappa shape index (κ3) is 2.72. The number of anilines is 1. The average molecular weight is 204 g/mol. The predicted octanol–water partition coefficient (Wildman–Crippen LogP) is 2.42. The van der Waals surface area contributed by atoms with E-state index in [2.05, 4.69) is 5.16 Å². The van der Waals surface area contributed by atoms with Crippen molar-refractivity contribution in [3.8, 4) is 0 Å². The molecule has 0 unspecified atom stereocenters. The van der Waals surface area contributed by atoms with Crippen LogP contribution in [-0.4, -0.2) is 12.3 Å². The molecule has 0 atom stereocenters. The first-order valence-corrected chi connectivity index (χ1v) is 5.29. The Morgan fingerprint density at radius 3 is 2.87 bits per heavy atom. The molecule has 2 rings (SSSR count). The highest BCUT2D eigenvalue weighted by Crippen LogP contribution is 2.28. The van der Waals surface area contributed by atoms with Crippen LogP contribution in [0, 0.1) is 5.92 Å². The Morgan fingerprint density at radius 1 is 1.47 bits per heavy atom. The van der Waals surface area contributed by atoms with Gasteiger partial charge < -0.3 is 10.6 Å². The number of para-hydroxylation sites is 1. The lowest BCUT2D eigenvalue weighted by Gasteiger charge is -2.04. The highest BCUT2D eigenvalue weighted by molar-refractivity contribution is 6.02. The summed E-state index contributed by atoms with van der Waals surface area (Å²) in [5, 5.41) is 4.07. The second kappa shape index (κ2) is 4.34. The number of nitrogen functional groups attached to an aromatic ring is 1. The molecule has 0 spiro atoms. The summed E-state index contributed by atoms with van der Waals surface area (Å²) in [4.78, 5) is 5.26. The minimum Gasteiger partial charge on any atom is -0.398 e. The molecule has 1 aromatic rings. The summed E-state index contributed by atoms with van der Waals surface area (Å²) in [7, 11) is 0. The van der Waals surface area contributed by atoms with Gasteiger partial charge in [-0.2, -0.15) is 0 Å². The van der Waals surface area contributed by atoms with E-state index in [9.17, 15) is 0 Å². The Balaban J connectivity index is 1.98. The minimum absolute atomic E-state index is 0.731. The van der Waals surface area contributed by atoms with Crippen molar-refractivity contribution in [2.75, 3.05) is 12.3 Å². The number of hydrogen-bond donors (Lipinski definition) is 1. The zero-order valence-electron chi connectivity index (χ0n) is 8.94. The fourth-order valence-electron chi connectivity index (χ4n) is 1.40. The van der Waals surface area contributed by atoms with E-state index in [0.717, 1.165) is 29.5 Å². The molecule has 1 fully saturated rings. The molecule has 1 aliphatic carbocycles. The van der Waals surface area contributed by atoms with Crippen LogP contribution in [0.2, 0.25) is 0 Å². The van der Waals surface area contributed by atoms with Crippen molar-refractivity contribution >= 4 is 11.4 Å². The molecule has 0 amide bonds. The summed E-state index contributed by atoms with van der Waals surface area (Å²) in [6.45, 7) is 2.66. The van der Waals surface area contributed by atoms with E-state index in [-0.39, 0.29) is 0 Å². The van der Waals surface area contributed by atoms with Gasteiger partial charge in [-0.15, -0.1) is 0 Å². The summed E-state index contributed by atoms with van der Waals surface area (Å²) in [5.74, 6) is 0.731. The Morgan fingerprint density at radius 2 is 2.20 bits per heavy atom. The third-order valence-corrected chi connectivity index (χ3v) is 2.56. The van der Waals surface area contributed by atoms with Gasteiger partial charge >= 0.3 is 0 Å². The van der Waals surface area contributed by atoms with Gasteiger partial charge in [-0.05, 0) is 31.7 Å². The Labute approximate surface area is 89.9 Å². The summed E-state index contributed by atoms with van der Waals surface area (Å²) in [5.41, 5.74) is 8.37. The molecule has 3 nitrogen and oxygen atoms in total. The van der Waals surface area contributed by atoms with Gasteiger partial charge in [0.2, 0.25) is 0 Å². The number of nitrogens with zero attached hydrogens (tertiary/aromatic N) is 1. The quantitative estimate of drug-likeness (QED) is 0.465. The van der Waals surface area contributed by atoms with Gasteiger partial charge in [0, 0.05) is 11.3 Å². The van der Waals surface area contributed by atoms with Crippen molar-refractivity contribution in [3.63, 3.8) is 0 Å². The normalized spacial score (nSPS) is 16.5. The van der Waals surface area contributed by atoms with Crippen molar-refractivity contribution in [1.82, 2.24) is 0 Å². The second-order valence-corrected chi connectivity index (χ2v) is 4.00. The molecule has 0 bridgehead atoms. The Bertz CT molecular complexity index is 370. The number of nitrogens with two attached hydrogens (primary N) is 1. The van der Waals surface area contributed by atoms with Crippen molar-refractivity contribution in [2.45, 2.75) is 19.8 Å². The largest absolute Gasteiger partial charge is 0.398 e. The van der Waals surface area contributed by atoms with Gasteiger partial charge in [0.25, 0.3) is 0 Å². The van der Waals surface area contributed by atoms with Crippen molar-refractivity contribution in [3.05, 3.63) is 29.8 Å². The predicted molar refractivity (Wildman–Crippen MR) is 61.7 cm³/mol. The maximum absolute atomic E-state index is 5.83. The van der Waals surface area contributed by atoms with Gasteiger partial charge in [-0.3, -0.25) is 0 Å². The number of rotatable bonds is 4. The van der Waals surface area contributed by atoms with Crippen LogP contribution in [0.15, 0.2) is 29.4 Å². The van der Waals surface area contributed by atoms with Crippen molar-refractivity contribution in [1.29, 1.82) is 0 Å². The van der Waals surface area contributed by atoms with Crippen LogP contribution in [-0.2, 0) is 4.84 Å². The van der Waals surface area contributed by atoms with Crippen LogP contribution in [0.3, 0.4) is 0 Å². The van der Waals surface area contributed by atoms with Gasteiger partial charge in [0.05, 0.1) is 5.71 Å². The molecule has 0 aromatic heterocycles. The smallest absolute Gasteiger partial charge is 0.120 e. The molecule has 1 aliphatic rings. The van der Waals surface area contributed by atoms with Crippen LogP contribution >= 0.6 is 0 Å². The van der Waals surface area contributed by atoms with Gasteiger partial charge in [-0.1, -0.05) is 23.4 Å². The van der Waals surface area contributed by atoms with Crippen molar-refractivity contribution in [2.24, 2.45) is 11.1 Å². The topological polar surface area (TPSA) is 47.6 Å². The first-order chi connectivity index (χ1) is 7.27. The molecule has 1 aromatic carbocycles. The molecule has 2 N–H and O–H groups in total. The summed E-state index contributed by atoms with van der Waals surface area (Å²) < 4.78 is 0. The van der Waals surface area contributed by atoms with E-state index in [0.29, 0.717) is 0 Å². The molecule has 3 heteroatoms. The second-order valence-electron chi connectivity index (χ2n) is 4.00. The van der Waals surface area contributed by atoms with Crippen LogP contribution in [0.25, 0.3) is 0 Å². The first-order valence-electron chi connectivity index (χ1n) is 5.29. The van der Waals surface area contributed by atoms with E-state index >= 15 is 0 Å². The summed E-state index contributed by atoms with van der Waals surface area (Å²) >= 11 is 0. The van der Waals surface area contributed by atoms with E-state index < -0.39 is 0 Å². The summed E-state index contributed by atoms with van der Waals surface area (Å²) in [6, 6.07) is 7.69. The van der Waals surface area contributed by atoms with Crippen molar-refractivity contribution < 1.29 is 4.84 Å². The average Bonchev–Trinajstić information content (AvgIpc) is 3.02. The van der Waals surface area contributed by atoms with E-state index in [4.69, 9.17) is 10.6 Å². The van der Waals surface area contributed by atoms with Gasteiger partial charge in [0.1, 0.15) is 6.61 Å². The fourth-order valence-corrected chi connectivity index (χ4v) is 1.40. The highest BCUT2D eigenvalue weighted by atomic mass is 16.6. The lowest BCUT2D eigenvalue weighted by molar-refractivity contribution is 0.134. The summed E-state index contributed by atoms with van der Waals surface area (Å²) in [6.07, 6.45) is 2.56. The van der Waals surface area contributed by atoms with Crippen LogP contribution in [0.1, 0.15) is 25.3 Å². The molecular weight excluding hydrogens is 188 g/mol. The Kier molecular flexibility index (Phi) is 2.90.